The molecule has 9 heteroatoms. The molecule has 1 saturated heterocycles. The fourth-order valence-corrected chi connectivity index (χ4v) is 4.93. The SMILES string of the molecule is CCc1nc(NS(=O)(=O)N2CCCCC2C(=O)O)sc1C. The molecule has 0 aliphatic carbocycles. The van der Waals surface area contributed by atoms with Crippen molar-refractivity contribution in [3.05, 3.63) is 10.6 Å². The number of carboxylic acids is 1. The molecule has 1 aliphatic heterocycles. The topological polar surface area (TPSA) is 99.6 Å². The maximum atomic E-state index is 12.4. The third-order valence-electron chi connectivity index (χ3n) is 3.49. The largest absolute Gasteiger partial charge is 0.480 e. The second-order valence-electron chi connectivity index (χ2n) is 4.94. The van der Waals surface area contributed by atoms with E-state index in [0.29, 0.717) is 18.0 Å². The van der Waals surface area contributed by atoms with Gasteiger partial charge < -0.3 is 5.11 Å². The van der Waals surface area contributed by atoms with E-state index in [1.807, 2.05) is 13.8 Å². The highest BCUT2D eigenvalue weighted by Crippen LogP contribution is 2.26. The van der Waals surface area contributed by atoms with Gasteiger partial charge in [0.2, 0.25) is 0 Å². The molecule has 0 spiro atoms. The lowest BCUT2D eigenvalue weighted by Crippen LogP contribution is -2.49. The first-order chi connectivity index (χ1) is 9.85. The molecular formula is C12H19N3O4S2. The minimum atomic E-state index is -3.89. The Morgan fingerprint density at radius 3 is 2.81 bits per heavy atom. The number of aryl methyl sites for hydroxylation is 2. The van der Waals surface area contributed by atoms with Crippen molar-refractivity contribution in [3.63, 3.8) is 0 Å². The van der Waals surface area contributed by atoms with E-state index in [2.05, 4.69) is 9.71 Å². The number of nitrogens with zero attached hydrogens (tertiary/aromatic N) is 2. The number of anilines is 1. The summed E-state index contributed by atoms with van der Waals surface area (Å²) in [5, 5.41) is 9.47. The van der Waals surface area contributed by atoms with Gasteiger partial charge in [-0.3, -0.25) is 4.79 Å². The van der Waals surface area contributed by atoms with E-state index >= 15 is 0 Å². The van der Waals surface area contributed by atoms with E-state index in [1.165, 1.54) is 11.3 Å². The number of thiazole rings is 1. The van der Waals surface area contributed by atoms with E-state index in [9.17, 15) is 18.3 Å². The van der Waals surface area contributed by atoms with Gasteiger partial charge in [-0.2, -0.15) is 12.7 Å². The monoisotopic (exact) mass is 333 g/mol. The van der Waals surface area contributed by atoms with Crippen LogP contribution >= 0.6 is 11.3 Å². The number of hydrogen-bond donors (Lipinski definition) is 2. The van der Waals surface area contributed by atoms with Crippen molar-refractivity contribution in [1.29, 1.82) is 0 Å². The normalized spacial score (nSPS) is 20.4. The van der Waals surface area contributed by atoms with Crippen LogP contribution in [-0.2, 0) is 21.4 Å². The summed E-state index contributed by atoms with van der Waals surface area (Å²) in [4.78, 5) is 16.4. The smallest absolute Gasteiger partial charge is 0.322 e. The molecule has 2 heterocycles. The van der Waals surface area contributed by atoms with Gasteiger partial charge in [-0.05, 0) is 32.6 Å². The summed E-state index contributed by atoms with van der Waals surface area (Å²) in [5.41, 5.74) is 0.853. The average molecular weight is 333 g/mol. The van der Waals surface area contributed by atoms with Gasteiger partial charge >= 0.3 is 16.2 Å². The van der Waals surface area contributed by atoms with Gasteiger partial charge in [0, 0.05) is 11.4 Å². The van der Waals surface area contributed by atoms with E-state index in [4.69, 9.17) is 0 Å². The number of carbonyl (C=O) groups is 1. The minimum absolute atomic E-state index is 0.220. The molecule has 0 bridgehead atoms. The molecule has 21 heavy (non-hydrogen) atoms. The molecule has 1 aliphatic rings. The molecule has 7 nitrogen and oxygen atoms in total. The van der Waals surface area contributed by atoms with Crippen LogP contribution < -0.4 is 4.72 Å². The van der Waals surface area contributed by atoms with Crippen LogP contribution in [0.3, 0.4) is 0 Å². The van der Waals surface area contributed by atoms with E-state index in [0.717, 1.165) is 27.7 Å². The third-order valence-corrected chi connectivity index (χ3v) is 6.05. The minimum Gasteiger partial charge on any atom is -0.480 e. The maximum Gasteiger partial charge on any atom is 0.322 e. The average Bonchev–Trinajstić information content (AvgIpc) is 2.77. The third kappa shape index (κ3) is 3.53. The number of hydrogen-bond acceptors (Lipinski definition) is 5. The van der Waals surface area contributed by atoms with Gasteiger partial charge in [0.15, 0.2) is 5.13 Å². The van der Waals surface area contributed by atoms with Crippen LogP contribution in [0, 0.1) is 6.92 Å². The molecule has 1 atom stereocenters. The summed E-state index contributed by atoms with van der Waals surface area (Å²) in [5.74, 6) is -1.11. The first-order valence-corrected chi connectivity index (χ1v) is 9.09. The van der Waals surface area contributed by atoms with Crippen LogP contribution in [0.5, 0.6) is 0 Å². The van der Waals surface area contributed by atoms with Crippen LogP contribution in [0.15, 0.2) is 0 Å². The molecule has 118 valence electrons. The summed E-state index contributed by atoms with van der Waals surface area (Å²) in [6.45, 7) is 4.05. The lowest BCUT2D eigenvalue weighted by molar-refractivity contribution is -0.142. The maximum absolute atomic E-state index is 12.4. The molecule has 2 rings (SSSR count). The molecule has 0 radical (unpaired) electrons. The highest BCUT2D eigenvalue weighted by atomic mass is 32.2. The van der Waals surface area contributed by atoms with Gasteiger partial charge in [-0.15, -0.1) is 11.3 Å². The van der Waals surface area contributed by atoms with Gasteiger partial charge in [0.1, 0.15) is 6.04 Å². The molecule has 2 N–H and O–H groups in total. The lowest BCUT2D eigenvalue weighted by atomic mass is 10.1. The predicted molar refractivity (Wildman–Crippen MR) is 80.8 cm³/mol. The quantitative estimate of drug-likeness (QED) is 0.853. The molecule has 0 amide bonds. The van der Waals surface area contributed by atoms with Crippen molar-refractivity contribution in [3.8, 4) is 0 Å². The van der Waals surface area contributed by atoms with Gasteiger partial charge in [0.05, 0.1) is 5.69 Å². The van der Waals surface area contributed by atoms with Crippen molar-refractivity contribution in [2.75, 3.05) is 11.3 Å². The Morgan fingerprint density at radius 2 is 2.24 bits per heavy atom. The molecule has 0 saturated carbocycles. The Hall–Kier alpha value is -1.19. The zero-order valence-corrected chi connectivity index (χ0v) is 13.6. The first kappa shape index (κ1) is 16.2. The Bertz CT molecular complexity index is 626. The summed E-state index contributed by atoms with van der Waals surface area (Å²) < 4.78 is 28.2. The van der Waals surface area contributed by atoms with Gasteiger partial charge in [-0.1, -0.05) is 6.92 Å². The molecule has 0 aromatic carbocycles. The van der Waals surface area contributed by atoms with Crippen molar-refractivity contribution < 1.29 is 18.3 Å². The van der Waals surface area contributed by atoms with Gasteiger partial charge in [-0.25, -0.2) is 9.71 Å². The van der Waals surface area contributed by atoms with Crippen molar-refractivity contribution in [2.45, 2.75) is 45.6 Å². The molecule has 1 unspecified atom stereocenters. The van der Waals surface area contributed by atoms with Crippen molar-refractivity contribution in [1.82, 2.24) is 9.29 Å². The second-order valence-corrected chi connectivity index (χ2v) is 7.77. The molecule has 1 fully saturated rings. The number of nitrogens with one attached hydrogen (secondary N) is 1. The number of aliphatic carboxylic acids is 1. The summed E-state index contributed by atoms with van der Waals surface area (Å²) in [6.07, 6.45) is 2.46. The Balaban J connectivity index is 2.21. The Labute approximate surface area is 128 Å². The Kier molecular flexibility index (Phi) is 4.84. The van der Waals surface area contributed by atoms with Crippen LogP contribution in [0.4, 0.5) is 5.13 Å². The molecule has 1 aromatic rings. The number of rotatable bonds is 5. The highest BCUT2D eigenvalue weighted by Gasteiger charge is 2.37. The first-order valence-electron chi connectivity index (χ1n) is 6.84. The number of carboxylic acid groups (broad SMARTS) is 1. The standard InChI is InChI=1S/C12H19N3O4S2/c1-3-9-8(2)20-12(13-9)14-21(18,19)15-7-5-4-6-10(15)11(16)17/h10H,3-7H2,1-2H3,(H,13,14)(H,16,17). The van der Waals surface area contributed by atoms with Crippen molar-refractivity contribution in [2.24, 2.45) is 0 Å². The highest BCUT2D eigenvalue weighted by molar-refractivity contribution is 7.90. The fourth-order valence-electron chi connectivity index (χ4n) is 2.41. The summed E-state index contributed by atoms with van der Waals surface area (Å²) >= 11 is 1.26. The van der Waals surface area contributed by atoms with E-state index in [1.54, 1.807) is 0 Å². The van der Waals surface area contributed by atoms with Crippen LogP contribution in [0.1, 0.15) is 36.8 Å². The molecular weight excluding hydrogens is 314 g/mol. The molecule has 1 aromatic heterocycles. The predicted octanol–water partition coefficient (Wildman–Crippen LogP) is 1.61. The van der Waals surface area contributed by atoms with E-state index < -0.39 is 22.2 Å². The number of aromatic nitrogens is 1. The fraction of sp³-hybridized carbons (Fsp3) is 0.667. The zero-order valence-electron chi connectivity index (χ0n) is 12.0. The summed E-state index contributed by atoms with van der Waals surface area (Å²) in [6, 6.07) is -0.997. The zero-order chi connectivity index (χ0) is 15.6. The van der Waals surface area contributed by atoms with Crippen LogP contribution in [-0.4, -0.2) is 41.4 Å². The van der Waals surface area contributed by atoms with Crippen LogP contribution in [0.25, 0.3) is 0 Å². The second kappa shape index (κ2) is 6.29. The van der Waals surface area contributed by atoms with Crippen molar-refractivity contribution >= 4 is 32.6 Å². The van der Waals surface area contributed by atoms with E-state index in [-0.39, 0.29) is 6.54 Å². The van der Waals surface area contributed by atoms with Crippen LogP contribution in [0.2, 0.25) is 0 Å². The number of piperidine rings is 1. The van der Waals surface area contributed by atoms with Gasteiger partial charge in [0.25, 0.3) is 0 Å². The Morgan fingerprint density at radius 1 is 1.52 bits per heavy atom. The summed E-state index contributed by atoms with van der Waals surface area (Å²) in [7, 11) is -3.89. The lowest BCUT2D eigenvalue weighted by Gasteiger charge is -2.31.